The first-order valence-corrected chi connectivity index (χ1v) is 7.09. The van der Waals surface area contributed by atoms with Crippen LogP contribution in [0.15, 0.2) is 12.2 Å². The van der Waals surface area contributed by atoms with Crippen molar-refractivity contribution in [3.05, 3.63) is 22.3 Å². The molecular formula is C14H19NO4. The van der Waals surface area contributed by atoms with Crippen molar-refractivity contribution in [3.8, 4) is 0 Å². The molecule has 0 amide bonds. The van der Waals surface area contributed by atoms with Crippen LogP contribution in [0.25, 0.3) is 0 Å². The topological polar surface area (TPSA) is 80.4 Å². The molecule has 1 N–H and O–H groups in total. The van der Waals surface area contributed by atoms with E-state index >= 15 is 0 Å². The van der Waals surface area contributed by atoms with E-state index in [9.17, 15) is 20.0 Å². The Morgan fingerprint density at radius 3 is 2.89 bits per heavy atom. The largest absolute Gasteiger partial charge is 0.386 e. The zero-order chi connectivity index (χ0) is 13.6. The second-order valence-corrected chi connectivity index (χ2v) is 6.21. The molecule has 0 aromatic heterocycles. The first-order chi connectivity index (χ1) is 9.05. The minimum absolute atomic E-state index is 0.0896. The molecule has 0 unspecified atom stereocenters. The average molecular weight is 265 g/mol. The van der Waals surface area contributed by atoms with Crippen molar-refractivity contribution >= 4 is 5.78 Å². The molecule has 0 aliphatic heterocycles. The number of carbonyl (C=O) groups is 1. The summed E-state index contributed by atoms with van der Waals surface area (Å²) < 4.78 is 0. The lowest BCUT2D eigenvalue weighted by atomic mass is 9.55. The summed E-state index contributed by atoms with van der Waals surface area (Å²) >= 11 is 0. The van der Waals surface area contributed by atoms with Crippen LogP contribution >= 0.6 is 0 Å². The molecule has 3 aliphatic carbocycles. The lowest BCUT2D eigenvalue weighted by Gasteiger charge is -2.49. The second-order valence-electron chi connectivity index (χ2n) is 6.21. The highest BCUT2D eigenvalue weighted by molar-refractivity contribution is 5.90. The Bertz CT molecular complexity index is 447. The maximum absolute atomic E-state index is 11.6. The van der Waals surface area contributed by atoms with Crippen molar-refractivity contribution in [1.82, 2.24) is 0 Å². The van der Waals surface area contributed by atoms with E-state index in [1.54, 1.807) is 6.08 Å². The highest BCUT2D eigenvalue weighted by atomic mass is 16.6. The molecule has 0 spiro atoms. The minimum atomic E-state index is -1.18. The summed E-state index contributed by atoms with van der Waals surface area (Å²) in [4.78, 5) is 22.9. The summed E-state index contributed by atoms with van der Waals surface area (Å²) in [6.45, 7) is 0. The van der Waals surface area contributed by atoms with Crippen molar-refractivity contribution < 1.29 is 14.8 Å². The van der Waals surface area contributed by atoms with Crippen LogP contribution < -0.4 is 0 Å². The Labute approximate surface area is 111 Å². The molecular weight excluding hydrogens is 246 g/mol. The maximum Gasteiger partial charge on any atom is 0.250 e. The first-order valence-electron chi connectivity index (χ1n) is 7.09. The number of aliphatic hydroxyl groups excluding tert-OH is 1. The number of hydrogen-bond acceptors (Lipinski definition) is 4. The van der Waals surface area contributed by atoms with Crippen molar-refractivity contribution in [1.29, 1.82) is 0 Å². The molecule has 0 aromatic carbocycles. The van der Waals surface area contributed by atoms with Gasteiger partial charge >= 0.3 is 0 Å². The normalized spacial score (nSPS) is 45.4. The number of rotatable bonds is 1. The standard InChI is InChI=1S/C14H19NO4/c16-10-4-5-11-9(8-10)6-7-14(15(18)19)12(11)2-1-3-13(14)17/h4-5,9,11-13,17H,1-3,6-8H2/t9-,11-,12+,13-,14-/m0/s1. The third-order valence-corrected chi connectivity index (χ3v) is 5.44. The third kappa shape index (κ3) is 1.75. The van der Waals surface area contributed by atoms with E-state index in [4.69, 9.17) is 0 Å². The molecule has 19 heavy (non-hydrogen) atoms. The van der Waals surface area contributed by atoms with Gasteiger partial charge in [0.25, 0.3) is 5.54 Å². The fourth-order valence-corrected chi connectivity index (χ4v) is 4.52. The SMILES string of the molecule is O=C1C=C[C@H]2[C@@H](CC[C@]3([N+](=O)[O-])[C@@H]2CCC[C@@H]3O)C1. The zero-order valence-corrected chi connectivity index (χ0v) is 10.8. The van der Waals surface area contributed by atoms with E-state index in [-0.39, 0.29) is 28.5 Å². The number of nitro groups is 1. The monoisotopic (exact) mass is 265 g/mol. The van der Waals surface area contributed by atoms with Gasteiger partial charge in [0.15, 0.2) is 5.78 Å². The van der Waals surface area contributed by atoms with Crippen LogP contribution in [0, 0.1) is 27.9 Å². The molecule has 3 aliphatic rings. The predicted octanol–water partition coefficient (Wildman–Crippen LogP) is 1.72. The van der Waals surface area contributed by atoms with E-state index in [2.05, 4.69) is 0 Å². The smallest absolute Gasteiger partial charge is 0.250 e. The molecule has 0 saturated heterocycles. The summed E-state index contributed by atoms with van der Waals surface area (Å²) in [5, 5.41) is 21.8. The van der Waals surface area contributed by atoms with Crippen LogP contribution in [-0.2, 0) is 4.79 Å². The summed E-state index contributed by atoms with van der Waals surface area (Å²) in [5.74, 6) is 0.341. The molecule has 3 rings (SSSR count). The molecule has 2 saturated carbocycles. The number of hydrogen-bond donors (Lipinski definition) is 1. The highest BCUT2D eigenvalue weighted by Gasteiger charge is 2.62. The number of carbonyl (C=O) groups excluding carboxylic acids is 1. The first kappa shape index (κ1) is 12.8. The molecule has 0 radical (unpaired) electrons. The summed E-state index contributed by atoms with van der Waals surface area (Å²) in [7, 11) is 0. The van der Waals surface area contributed by atoms with Gasteiger partial charge < -0.3 is 5.11 Å². The molecule has 5 nitrogen and oxygen atoms in total. The van der Waals surface area contributed by atoms with Gasteiger partial charge in [-0.3, -0.25) is 14.9 Å². The molecule has 0 bridgehead atoms. The van der Waals surface area contributed by atoms with Gasteiger partial charge in [0.05, 0.1) is 0 Å². The van der Waals surface area contributed by atoms with Crippen molar-refractivity contribution in [2.45, 2.75) is 50.2 Å². The number of aliphatic hydroxyl groups is 1. The van der Waals surface area contributed by atoms with Crippen LogP contribution in [0.3, 0.4) is 0 Å². The van der Waals surface area contributed by atoms with Gasteiger partial charge in [0.2, 0.25) is 0 Å². The van der Waals surface area contributed by atoms with E-state index in [0.29, 0.717) is 25.7 Å². The predicted molar refractivity (Wildman–Crippen MR) is 68.1 cm³/mol. The molecule has 104 valence electrons. The quantitative estimate of drug-likeness (QED) is 0.578. The van der Waals surface area contributed by atoms with E-state index in [1.165, 1.54) is 0 Å². The number of nitrogens with zero attached hydrogens (tertiary/aromatic N) is 1. The molecule has 5 atom stereocenters. The Morgan fingerprint density at radius 2 is 2.16 bits per heavy atom. The number of fused-ring (bicyclic) bond motifs is 3. The average Bonchev–Trinajstić information content (AvgIpc) is 2.38. The van der Waals surface area contributed by atoms with Crippen LogP contribution in [0.2, 0.25) is 0 Å². The summed E-state index contributed by atoms with van der Waals surface area (Å²) in [5.41, 5.74) is -1.18. The maximum atomic E-state index is 11.6. The summed E-state index contributed by atoms with van der Waals surface area (Å²) in [6.07, 6.45) is 6.37. The van der Waals surface area contributed by atoms with Gasteiger partial charge in [-0.25, -0.2) is 0 Å². The van der Waals surface area contributed by atoms with Gasteiger partial charge in [0.1, 0.15) is 6.10 Å². The summed E-state index contributed by atoms with van der Waals surface area (Å²) in [6, 6.07) is 0. The highest BCUT2D eigenvalue weighted by Crippen LogP contribution is 2.52. The van der Waals surface area contributed by atoms with Crippen molar-refractivity contribution in [3.63, 3.8) is 0 Å². The molecule has 5 heteroatoms. The van der Waals surface area contributed by atoms with E-state index < -0.39 is 11.6 Å². The third-order valence-electron chi connectivity index (χ3n) is 5.44. The fourth-order valence-electron chi connectivity index (χ4n) is 4.52. The van der Waals surface area contributed by atoms with Gasteiger partial charge in [-0.1, -0.05) is 12.5 Å². The van der Waals surface area contributed by atoms with Crippen LogP contribution in [0.1, 0.15) is 38.5 Å². The molecule has 0 heterocycles. The minimum Gasteiger partial charge on any atom is -0.386 e. The number of allylic oxidation sites excluding steroid dienone is 2. The van der Waals surface area contributed by atoms with Gasteiger partial charge in [-0.05, 0) is 37.2 Å². The lowest BCUT2D eigenvalue weighted by Crippen LogP contribution is -2.62. The van der Waals surface area contributed by atoms with Gasteiger partial charge in [0, 0.05) is 23.7 Å². The van der Waals surface area contributed by atoms with Crippen LogP contribution in [0.4, 0.5) is 0 Å². The number of ketones is 1. The van der Waals surface area contributed by atoms with E-state index in [1.807, 2.05) is 6.08 Å². The van der Waals surface area contributed by atoms with Gasteiger partial charge in [-0.15, -0.1) is 0 Å². The zero-order valence-electron chi connectivity index (χ0n) is 10.8. The van der Waals surface area contributed by atoms with Crippen LogP contribution in [-0.4, -0.2) is 27.5 Å². The van der Waals surface area contributed by atoms with Gasteiger partial charge in [-0.2, -0.15) is 0 Å². The fraction of sp³-hybridized carbons (Fsp3) is 0.786. The van der Waals surface area contributed by atoms with E-state index in [0.717, 1.165) is 12.8 Å². The second kappa shape index (κ2) is 4.40. The van der Waals surface area contributed by atoms with Crippen molar-refractivity contribution in [2.24, 2.45) is 17.8 Å². The molecule has 0 aromatic rings. The Hall–Kier alpha value is -1.23. The Morgan fingerprint density at radius 1 is 1.37 bits per heavy atom. The van der Waals surface area contributed by atoms with Crippen LogP contribution in [0.5, 0.6) is 0 Å². The van der Waals surface area contributed by atoms with Crippen molar-refractivity contribution in [2.75, 3.05) is 0 Å². The molecule has 2 fully saturated rings. The Kier molecular flexibility index (Phi) is 2.96. The lowest BCUT2D eigenvalue weighted by molar-refractivity contribution is -0.604. The Balaban J connectivity index is 1.99.